The first kappa shape index (κ1) is 20.0. The first-order valence-corrected chi connectivity index (χ1v) is 9.81. The quantitative estimate of drug-likeness (QED) is 0.716. The van der Waals surface area contributed by atoms with Crippen LogP contribution < -0.4 is 20.9 Å². The molecule has 3 rings (SSSR count). The van der Waals surface area contributed by atoms with Gasteiger partial charge >= 0.3 is 6.03 Å². The Balaban J connectivity index is 1.60. The average Bonchev–Trinajstić information content (AvgIpc) is 2.68. The summed E-state index contributed by atoms with van der Waals surface area (Å²) >= 11 is 6.38. The second kappa shape index (κ2) is 8.97. The summed E-state index contributed by atoms with van der Waals surface area (Å²) < 4.78 is 0. The molecular formula is C21H25ClN4O2. The van der Waals surface area contributed by atoms with Crippen molar-refractivity contribution in [3.63, 3.8) is 0 Å². The zero-order chi connectivity index (χ0) is 20.1. The minimum atomic E-state index is -0.298. The van der Waals surface area contributed by atoms with Crippen LogP contribution in [0.25, 0.3) is 0 Å². The lowest BCUT2D eigenvalue weighted by molar-refractivity contribution is -0.120. The van der Waals surface area contributed by atoms with Gasteiger partial charge in [-0.2, -0.15) is 0 Å². The van der Waals surface area contributed by atoms with E-state index in [4.69, 9.17) is 11.6 Å². The SMILES string of the molecule is CCc1ccc(C(C)NC(=O)Nc2ccc(N3CCNC(=O)C3)c(Cl)c2)cc1. The molecule has 0 radical (unpaired) electrons. The fourth-order valence-corrected chi connectivity index (χ4v) is 3.47. The van der Waals surface area contributed by atoms with E-state index in [1.165, 1.54) is 5.56 Å². The van der Waals surface area contributed by atoms with Crippen molar-refractivity contribution in [1.82, 2.24) is 10.6 Å². The maximum absolute atomic E-state index is 12.3. The van der Waals surface area contributed by atoms with Crippen LogP contribution in [-0.4, -0.2) is 31.6 Å². The van der Waals surface area contributed by atoms with Gasteiger partial charge < -0.3 is 20.9 Å². The number of nitrogens with one attached hydrogen (secondary N) is 3. The van der Waals surface area contributed by atoms with Crippen molar-refractivity contribution in [3.05, 3.63) is 58.6 Å². The molecule has 1 aliphatic heterocycles. The smallest absolute Gasteiger partial charge is 0.319 e. The van der Waals surface area contributed by atoms with Gasteiger partial charge in [0.25, 0.3) is 0 Å². The van der Waals surface area contributed by atoms with Crippen LogP contribution in [0.15, 0.2) is 42.5 Å². The van der Waals surface area contributed by atoms with Gasteiger partial charge in [-0.1, -0.05) is 42.8 Å². The van der Waals surface area contributed by atoms with Crippen LogP contribution in [0.3, 0.4) is 0 Å². The molecule has 3 N–H and O–H groups in total. The van der Waals surface area contributed by atoms with Crippen LogP contribution in [-0.2, 0) is 11.2 Å². The highest BCUT2D eigenvalue weighted by atomic mass is 35.5. The van der Waals surface area contributed by atoms with E-state index in [-0.39, 0.29) is 24.5 Å². The van der Waals surface area contributed by atoms with E-state index in [1.807, 2.05) is 30.0 Å². The van der Waals surface area contributed by atoms with Crippen molar-refractivity contribution in [2.24, 2.45) is 0 Å². The molecule has 0 saturated carbocycles. The molecule has 1 aliphatic rings. The number of benzene rings is 2. The first-order chi connectivity index (χ1) is 13.5. The lowest BCUT2D eigenvalue weighted by Gasteiger charge is -2.29. The van der Waals surface area contributed by atoms with Crippen LogP contribution in [0.4, 0.5) is 16.2 Å². The second-order valence-electron chi connectivity index (χ2n) is 6.85. The van der Waals surface area contributed by atoms with E-state index in [2.05, 4.69) is 35.0 Å². The molecule has 1 atom stereocenters. The van der Waals surface area contributed by atoms with Gasteiger partial charge in [0.15, 0.2) is 0 Å². The third kappa shape index (κ3) is 4.95. The van der Waals surface area contributed by atoms with Crippen molar-refractivity contribution in [2.75, 3.05) is 29.9 Å². The van der Waals surface area contributed by atoms with Crippen molar-refractivity contribution in [1.29, 1.82) is 0 Å². The molecule has 1 saturated heterocycles. The van der Waals surface area contributed by atoms with Gasteiger partial charge in [-0.15, -0.1) is 0 Å². The van der Waals surface area contributed by atoms with Crippen LogP contribution >= 0.6 is 11.6 Å². The third-order valence-electron chi connectivity index (χ3n) is 4.82. The molecular weight excluding hydrogens is 376 g/mol. The van der Waals surface area contributed by atoms with Crippen molar-refractivity contribution in [3.8, 4) is 0 Å². The third-order valence-corrected chi connectivity index (χ3v) is 5.12. The summed E-state index contributed by atoms with van der Waals surface area (Å²) in [4.78, 5) is 25.8. The van der Waals surface area contributed by atoms with Crippen molar-refractivity contribution in [2.45, 2.75) is 26.3 Å². The molecule has 148 valence electrons. The number of nitrogens with zero attached hydrogens (tertiary/aromatic N) is 1. The minimum Gasteiger partial charge on any atom is -0.359 e. The maximum Gasteiger partial charge on any atom is 0.319 e. The van der Waals surface area contributed by atoms with E-state index >= 15 is 0 Å². The molecule has 7 heteroatoms. The Kier molecular flexibility index (Phi) is 6.41. The molecule has 28 heavy (non-hydrogen) atoms. The predicted octanol–water partition coefficient (Wildman–Crippen LogP) is 3.72. The molecule has 6 nitrogen and oxygen atoms in total. The summed E-state index contributed by atoms with van der Waals surface area (Å²) in [6, 6.07) is 13.1. The van der Waals surface area contributed by atoms with E-state index in [0.29, 0.717) is 23.8 Å². The largest absolute Gasteiger partial charge is 0.359 e. The number of rotatable bonds is 5. The van der Waals surface area contributed by atoms with Gasteiger partial charge in [0.2, 0.25) is 5.91 Å². The summed E-state index contributed by atoms with van der Waals surface area (Å²) in [7, 11) is 0. The van der Waals surface area contributed by atoms with Gasteiger partial charge in [-0.05, 0) is 42.7 Å². The van der Waals surface area contributed by atoms with Gasteiger partial charge in [0, 0.05) is 18.8 Å². The Morgan fingerprint density at radius 2 is 2.00 bits per heavy atom. The van der Waals surface area contributed by atoms with E-state index < -0.39 is 0 Å². The van der Waals surface area contributed by atoms with E-state index in [0.717, 1.165) is 17.7 Å². The van der Waals surface area contributed by atoms with Crippen LogP contribution in [0.2, 0.25) is 5.02 Å². The Bertz CT molecular complexity index is 854. The molecule has 3 amide bonds. The number of hydrogen-bond acceptors (Lipinski definition) is 3. The minimum absolute atomic E-state index is 0.0233. The first-order valence-electron chi connectivity index (χ1n) is 9.44. The Labute approximate surface area is 170 Å². The highest BCUT2D eigenvalue weighted by Gasteiger charge is 2.19. The lowest BCUT2D eigenvalue weighted by Crippen LogP contribution is -2.47. The predicted molar refractivity (Wildman–Crippen MR) is 113 cm³/mol. The molecule has 2 aromatic carbocycles. The fraction of sp³-hybridized carbons (Fsp3) is 0.333. The van der Waals surface area contributed by atoms with E-state index in [9.17, 15) is 9.59 Å². The normalized spacial score (nSPS) is 15.0. The number of hydrogen-bond donors (Lipinski definition) is 3. The molecule has 1 unspecified atom stereocenters. The molecule has 0 aromatic heterocycles. The van der Waals surface area contributed by atoms with Crippen LogP contribution in [0.5, 0.6) is 0 Å². The standard InChI is InChI=1S/C21H25ClN4O2/c1-3-15-4-6-16(7-5-15)14(2)24-21(28)25-17-8-9-19(18(22)12-17)26-11-10-23-20(27)13-26/h4-9,12,14H,3,10-11,13H2,1-2H3,(H,23,27)(H2,24,25,28). The molecule has 1 fully saturated rings. The Morgan fingerprint density at radius 3 is 2.64 bits per heavy atom. The molecule has 2 aromatic rings. The second-order valence-corrected chi connectivity index (χ2v) is 7.26. The number of urea groups is 1. The number of piperazine rings is 1. The Morgan fingerprint density at radius 1 is 1.25 bits per heavy atom. The summed E-state index contributed by atoms with van der Waals surface area (Å²) in [5.74, 6) is -0.0233. The summed E-state index contributed by atoms with van der Waals surface area (Å²) in [6.07, 6.45) is 0.988. The van der Waals surface area contributed by atoms with Gasteiger partial charge in [-0.25, -0.2) is 4.79 Å². The summed E-state index contributed by atoms with van der Waals surface area (Å²) in [6.45, 7) is 5.63. The fourth-order valence-electron chi connectivity index (χ4n) is 3.17. The van der Waals surface area contributed by atoms with Crippen LogP contribution in [0, 0.1) is 0 Å². The molecule has 0 aliphatic carbocycles. The topological polar surface area (TPSA) is 73.5 Å². The van der Waals surface area contributed by atoms with E-state index in [1.54, 1.807) is 12.1 Å². The number of amides is 3. The van der Waals surface area contributed by atoms with Gasteiger partial charge in [0.1, 0.15) is 0 Å². The number of anilines is 2. The monoisotopic (exact) mass is 400 g/mol. The summed E-state index contributed by atoms with van der Waals surface area (Å²) in [5.41, 5.74) is 3.69. The maximum atomic E-state index is 12.3. The number of carbonyl (C=O) groups is 2. The molecule has 0 spiro atoms. The van der Waals surface area contributed by atoms with Crippen LogP contribution in [0.1, 0.15) is 31.0 Å². The lowest BCUT2D eigenvalue weighted by atomic mass is 10.1. The Hall–Kier alpha value is -2.73. The average molecular weight is 401 g/mol. The highest BCUT2D eigenvalue weighted by molar-refractivity contribution is 6.33. The van der Waals surface area contributed by atoms with Crippen molar-refractivity contribution < 1.29 is 9.59 Å². The molecule has 1 heterocycles. The summed E-state index contributed by atoms with van der Waals surface area (Å²) in [5, 5.41) is 9.03. The zero-order valence-electron chi connectivity index (χ0n) is 16.1. The number of aryl methyl sites for hydroxylation is 1. The number of halogens is 1. The van der Waals surface area contributed by atoms with Gasteiger partial charge in [-0.3, -0.25) is 4.79 Å². The van der Waals surface area contributed by atoms with Crippen molar-refractivity contribution >= 4 is 34.9 Å². The molecule has 0 bridgehead atoms. The highest BCUT2D eigenvalue weighted by Crippen LogP contribution is 2.29. The number of carbonyl (C=O) groups excluding carboxylic acids is 2. The zero-order valence-corrected chi connectivity index (χ0v) is 16.8. The van der Waals surface area contributed by atoms with Gasteiger partial charge in [0.05, 0.1) is 23.3 Å².